The lowest BCUT2D eigenvalue weighted by Gasteiger charge is -2.40. The fraction of sp³-hybridized carbons (Fsp3) is 0.387. The molecule has 8 heteroatoms. The van der Waals surface area contributed by atoms with E-state index in [2.05, 4.69) is 38.8 Å². The van der Waals surface area contributed by atoms with Gasteiger partial charge in [-0.05, 0) is 71.6 Å². The molecular weight excluding hydrogens is 525 g/mol. The van der Waals surface area contributed by atoms with E-state index in [4.69, 9.17) is 4.37 Å². The number of piperazine rings is 1. The Balaban J connectivity index is 1.06. The molecule has 39 heavy (non-hydrogen) atoms. The maximum Gasteiger partial charge on any atom is 0.240 e. The summed E-state index contributed by atoms with van der Waals surface area (Å²) in [6.07, 6.45) is 4.67. The highest BCUT2D eigenvalue weighted by Gasteiger charge is 2.30. The Morgan fingerprint density at radius 1 is 0.821 bits per heavy atom. The van der Waals surface area contributed by atoms with Crippen molar-refractivity contribution in [3.63, 3.8) is 0 Å². The van der Waals surface area contributed by atoms with Crippen LogP contribution in [-0.4, -0.2) is 57.0 Å². The number of anilines is 1. The maximum atomic E-state index is 13.3. The Hall–Kier alpha value is -2.78. The van der Waals surface area contributed by atoms with E-state index in [1.54, 1.807) is 23.7 Å². The zero-order chi connectivity index (χ0) is 26.7. The van der Waals surface area contributed by atoms with Crippen LogP contribution < -0.4 is 9.62 Å². The molecule has 1 saturated heterocycles. The molecule has 1 N–H and O–H groups in total. The molecule has 0 unspecified atom stereocenters. The van der Waals surface area contributed by atoms with E-state index in [9.17, 15) is 8.42 Å². The summed E-state index contributed by atoms with van der Waals surface area (Å²) >= 11 is 1.58. The van der Waals surface area contributed by atoms with Crippen LogP contribution in [0.25, 0.3) is 21.2 Å². The van der Waals surface area contributed by atoms with Crippen LogP contribution in [0.1, 0.15) is 25.7 Å². The van der Waals surface area contributed by atoms with Crippen LogP contribution in [-0.2, 0) is 10.0 Å². The van der Waals surface area contributed by atoms with Gasteiger partial charge in [0, 0.05) is 44.7 Å². The van der Waals surface area contributed by atoms with Gasteiger partial charge < -0.3 is 4.90 Å². The van der Waals surface area contributed by atoms with Crippen molar-refractivity contribution < 1.29 is 8.42 Å². The average molecular weight is 561 g/mol. The van der Waals surface area contributed by atoms with Crippen LogP contribution in [0.15, 0.2) is 83.8 Å². The molecule has 1 saturated carbocycles. The predicted molar refractivity (Wildman–Crippen MR) is 161 cm³/mol. The maximum absolute atomic E-state index is 13.3. The summed E-state index contributed by atoms with van der Waals surface area (Å²) in [5.41, 5.74) is 1.93. The number of hydrogen-bond donors (Lipinski definition) is 1. The highest BCUT2D eigenvalue weighted by Crippen LogP contribution is 2.33. The van der Waals surface area contributed by atoms with E-state index < -0.39 is 10.0 Å². The van der Waals surface area contributed by atoms with Gasteiger partial charge in [-0.1, -0.05) is 67.4 Å². The molecule has 1 aromatic heterocycles. The number of benzene rings is 3. The monoisotopic (exact) mass is 560 g/mol. The third-order valence-electron chi connectivity index (χ3n) is 8.38. The van der Waals surface area contributed by atoms with Crippen LogP contribution in [0, 0.1) is 11.8 Å². The lowest BCUT2D eigenvalue weighted by molar-refractivity contribution is 0.147. The van der Waals surface area contributed by atoms with Gasteiger partial charge >= 0.3 is 0 Å². The molecule has 3 aromatic carbocycles. The van der Waals surface area contributed by atoms with Crippen molar-refractivity contribution in [1.82, 2.24) is 14.0 Å². The summed E-state index contributed by atoms with van der Waals surface area (Å²) in [7, 11) is -3.57. The number of nitrogens with one attached hydrogen (secondary N) is 1. The lowest BCUT2D eigenvalue weighted by atomic mass is 9.79. The highest BCUT2D eigenvalue weighted by molar-refractivity contribution is 7.89. The molecular formula is C31H36N4O2S2. The smallest absolute Gasteiger partial charge is 0.240 e. The minimum absolute atomic E-state index is 0.335. The number of nitrogens with zero attached hydrogens (tertiary/aromatic N) is 3. The lowest BCUT2D eigenvalue weighted by Crippen LogP contribution is -2.49. The minimum Gasteiger partial charge on any atom is -0.353 e. The van der Waals surface area contributed by atoms with Gasteiger partial charge in [-0.25, -0.2) is 13.1 Å². The SMILES string of the molecule is O=S(=O)(NC[C@H]1CCCC[C@H]1CN1CCN(c2nsc3ccccc23)CC1)c1cccc(-c2ccccc2)c1. The molecule has 6 rings (SSSR count). The molecule has 0 radical (unpaired) electrons. The third-order valence-corrected chi connectivity index (χ3v) is 10.6. The topological polar surface area (TPSA) is 65.5 Å². The summed E-state index contributed by atoms with van der Waals surface area (Å²) in [6.45, 7) is 5.56. The van der Waals surface area contributed by atoms with Gasteiger partial charge in [-0.3, -0.25) is 4.90 Å². The van der Waals surface area contributed by atoms with Crippen molar-refractivity contribution in [2.75, 3.05) is 44.2 Å². The molecule has 2 fully saturated rings. The molecule has 0 amide bonds. The van der Waals surface area contributed by atoms with Gasteiger partial charge in [-0.15, -0.1) is 0 Å². The minimum atomic E-state index is -3.57. The number of rotatable bonds is 8. The average Bonchev–Trinajstić information content (AvgIpc) is 3.42. The first kappa shape index (κ1) is 26.4. The van der Waals surface area contributed by atoms with E-state index >= 15 is 0 Å². The van der Waals surface area contributed by atoms with Crippen LogP contribution in [0.4, 0.5) is 5.82 Å². The second-order valence-corrected chi connectivity index (χ2v) is 13.4. The third kappa shape index (κ3) is 6.04. The molecule has 204 valence electrons. The quantitative estimate of drug-likeness (QED) is 0.292. The first-order chi connectivity index (χ1) is 19.1. The first-order valence-corrected chi connectivity index (χ1v) is 16.3. The molecule has 2 heterocycles. The van der Waals surface area contributed by atoms with Crippen molar-refractivity contribution >= 4 is 37.5 Å². The van der Waals surface area contributed by atoms with Crippen molar-refractivity contribution in [3.05, 3.63) is 78.9 Å². The van der Waals surface area contributed by atoms with Gasteiger partial charge in [0.2, 0.25) is 10.0 Å². The zero-order valence-electron chi connectivity index (χ0n) is 22.2. The van der Waals surface area contributed by atoms with Crippen molar-refractivity contribution in [2.24, 2.45) is 11.8 Å². The number of hydrogen-bond acceptors (Lipinski definition) is 6. The number of sulfonamides is 1. The summed E-state index contributed by atoms with van der Waals surface area (Å²) in [6, 6.07) is 25.7. The molecule has 4 aromatic rings. The zero-order valence-corrected chi connectivity index (χ0v) is 23.8. The van der Waals surface area contributed by atoms with Gasteiger partial charge in [0.25, 0.3) is 0 Å². The van der Waals surface area contributed by atoms with E-state index in [0.29, 0.717) is 23.3 Å². The van der Waals surface area contributed by atoms with Crippen molar-refractivity contribution in [1.29, 1.82) is 0 Å². The molecule has 6 nitrogen and oxygen atoms in total. The highest BCUT2D eigenvalue weighted by atomic mass is 32.2. The van der Waals surface area contributed by atoms with Gasteiger partial charge in [0.1, 0.15) is 5.82 Å². The van der Waals surface area contributed by atoms with E-state index in [1.165, 1.54) is 29.3 Å². The Bertz CT molecular complexity index is 1500. The second kappa shape index (κ2) is 11.8. The van der Waals surface area contributed by atoms with Crippen molar-refractivity contribution in [3.8, 4) is 11.1 Å². The number of aromatic nitrogens is 1. The van der Waals surface area contributed by atoms with Gasteiger partial charge in [-0.2, -0.15) is 4.37 Å². The summed E-state index contributed by atoms with van der Waals surface area (Å²) in [4.78, 5) is 5.33. The van der Waals surface area contributed by atoms with Crippen LogP contribution >= 0.6 is 11.5 Å². The van der Waals surface area contributed by atoms with E-state index in [1.807, 2.05) is 42.5 Å². The molecule has 2 atom stereocenters. The Kier molecular flexibility index (Phi) is 7.97. The Morgan fingerprint density at radius 2 is 1.54 bits per heavy atom. The predicted octanol–water partition coefficient (Wildman–Crippen LogP) is 5.87. The van der Waals surface area contributed by atoms with Crippen LogP contribution in [0.2, 0.25) is 0 Å². The molecule has 0 spiro atoms. The fourth-order valence-corrected chi connectivity index (χ4v) is 8.08. The van der Waals surface area contributed by atoms with E-state index in [-0.39, 0.29) is 0 Å². The largest absolute Gasteiger partial charge is 0.353 e. The Labute approximate surface area is 235 Å². The molecule has 1 aliphatic heterocycles. The van der Waals surface area contributed by atoms with Crippen LogP contribution in [0.5, 0.6) is 0 Å². The van der Waals surface area contributed by atoms with E-state index in [0.717, 1.165) is 56.1 Å². The first-order valence-electron chi connectivity index (χ1n) is 14.0. The van der Waals surface area contributed by atoms with Gasteiger partial charge in [0.15, 0.2) is 0 Å². The summed E-state index contributed by atoms with van der Waals surface area (Å²) < 4.78 is 35.5. The second-order valence-electron chi connectivity index (χ2n) is 10.8. The standard InChI is InChI=1S/C31H36N4O2S2/c36-39(37,28-14-8-13-25(21-28)24-9-2-1-3-10-24)32-22-26-11-4-5-12-27(26)23-34-17-19-35(20-18-34)31-29-15-6-7-16-30(29)38-33-31/h1-3,6-10,13-16,21,26-27,32H,4-5,11-12,17-20,22-23H2/t26-,27+/m1/s1. The summed E-state index contributed by atoms with van der Waals surface area (Å²) in [5, 5.41) is 1.25. The fourth-order valence-electron chi connectivity index (χ4n) is 6.14. The Morgan fingerprint density at radius 3 is 2.36 bits per heavy atom. The summed E-state index contributed by atoms with van der Waals surface area (Å²) in [5.74, 6) is 2.01. The number of fused-ring (bicyclic) bond motifs is 1. The molecule has 0 bridgehead atoms. The molecule has 1 aliphatic carbocycles. The normalized spacial score (nSPS) is 20.9. The van der Waals surface area contributed by atoms with Gasteiger partial charge in [0.05, 0.1) is 9.60 Å². The molecule has 2 aliphatic rings. The van der Waals surface area contributed by atoms with Crippen molar-refractivity contribution in [2.45, 2.75) is 30.6 Å². The van der Waals surface area contributed by atoms with Crippen LogP contribution in [0.3, 0.4) is 0 Å².